The van der Waals surface area contributed by atoms with E-state index in [1.54, 1.807) is 0 Å². The third-order valence-electron chi connectivity index (χ3n) is 3.28. The molecule has 1 aromatic rings. The summed E-state index contributed by atoms with van der Waals surface area (Å²) in [5.74, 6) is 1.66. The van der Waals surface area contributed by atoms with E-state index in [1.807, 2.05) is 6.92 Å². The van der Waals surface area contributed by atoms with Crippen molar-refractivity contribution in [1.82, 2.24) is 0 Å². The van der Waals surface area contributed by atoms with Crippen LogP contribution in [0.5, 0.6) is 5.75 Å². The molecule has 2 rings (SSSR count). The summed E-state index contributed by atoms with van der Waals surface area (Å²) in [5.41, 5.74) is 2.67. The summed E-state index contributed by atoms with van der Waals surface area (Å²) < 4.78 is 5.53. The molecule has 0 spiro atoms. The molecule has 1 aliphatic rings. The van der Waals surface area contributed by atoms with Gasteiger partial charge in [0.05, 0.1) is 12.0 Å². The van der Waals surface area contributed by atoms with E-state index < -0.39 is 0 Å². The molecule has 0 heterocycles. The first kappa shape index (κ1) is 11.8. The van der Waals surface area contributed by atoms with Gasteiger partial charge in [0.1, 0.15) is 5.75 Å². The Labute approximate surface area is 103 Å². The maximum atomic E-state index is 6.46. The first-order valence-corrected chi connectivity index (χ1v) is 6.54. The smallest absolute Gasteiger partial charge is 0.119 e. The third-order valence-corrected chi connectivity index (χ3v) is 3.69. The summed E-state index contributed by atoms with van der Waals surface area (Å²) in [7, 11) is 0. The monoisotopic (exact) mass is 238 g/mol. The van der Waals surface area contributed by atoms with Crippen LogP contribution in [-0.2, 0) is 6.42 Å². The number of benzene rings is 1. The molecule has 0 bridgehead atoms. The van der Waals surface area contributed by atoms with Gasteiger partial charge in [0.15, 0.2) is 0 Å². The van der Waals surface area contributed by atoms with E-state index in [-0.39, 0.29) is 5.38 Å². The van der Waals surface area contributed by atoms with E-state index in [1.165, 1.54) is 17.5 Å². The number of fused-ring (bicyclic) bond motifs is 1. The zero-order valence-electron chi connectivity index (χ0n) is 10.0. The van der Waals surface area contributed by atoms with Crippen LogP contribution in [0.4, 0.5) is 0 Å². The number of ether oxygens (including phenoxy) is 1. The van der Waals surface area contributed by atoms with Gasteiger partial charge in [-0.2, -0.15) is 0 Å². The number of hydrogen-bond donors (Lipinski definition) is 0. The standard InChI is InChI=1S/C14H19ClO/c1-3-16-12-7-6-11-5-4-10(2)8-14(15)13(11)9-12/h6-7,9-10,14H,3-5,8H2,1-2H3. The minimum absolute atomic E-state index is 0.146. The molecule has 1 aliphatic carbocycles. The van der Waals surface area contributed by atoms with Crippen molar-refractivity contribution in [3.05, 3.63) is 29.3 Å². The van der Waals surface area contributed by atoms with Gasteiger partial charge in [-0.3, -0.25) is 0 Å². The van der Waals surface area contributed by atoms with Crippen molar-refractivity contribution >= 4 is 11.6 Å². The second-order valence-corrected chi connectivity index (χ2v) is 5.17. The lowest BCUT2D eigenvalue weighted by molar-refractivity contribution is 0.339. The molecule has 0 amide bonds. The summed E-state index contributed by atoms with van der Waals surface area (Å²) in [4.78, 5) is 0. The lowest BCUT2D eigenvalue weighted by Gasteiger charge is -2.13. The van der Waals surface area contributed by atoms with Crippen LogP contribution < -0.4 is 4.74 Å². The van der Waals surface area contributed by atoms with Gasteiger partial charge in [-0.05, 0) is 55.4 Å². The first-order valence-electron chi connectivity index (χ1n) is 6.10. The van der Waals surface area contributed by atoms with Gasteiger partial charge in [0.2, 0.25) is 0 Å². The average Bonchev–Trinajstić information content (AvgIpc) is 2.40. The number of rotatable bonds is 2. The molecule has 1 nitrogen and oxygen atoms in total. The van der Waals surface area contributed by atoms with E-state index >= 15 is 0 Å². The van der Waals surface area contributed by atoms with Gasteiger partial charge in [0.25, 0.3) is 0 Å². The van der Waals surface area contributed by atoms with E-state index in [9.17, 15) is 0 Å². The van der Waals surface area contributed by atoms with Crippen LogP contribution in [0.15, 0.2) is 18.2 Å². The van der Waals surface area contributed by atoms with Gasteiger partial charge < -0.3 is 4.74 Å². The maximum Gasteiger partial charge on any atom is 0.119 e. The Hall–Kier alpha value is -0.690. The van der Waals surface area contributed by atoms with Crippen molar-refractivity contribution in [1.29, 1.82) is 0 Å². The van der Waals surface area contributed by atoms with E-state index in [0.29, 0.717) is 12.5 Å². The Morgan fingerprint density at radius 3 is 3.00 bits per heavy atom. The molecule has 16 heavy (non-hydrogen) atoms. The summed E-state index contributed by atoms with van der Waals surface area (Å²) in [6, 6.07) is 6.35. The molecule has 2 unspecified atom stereocenters. The second kappa shape index (κ2) is 5.09. The third kappa shape index (κ3) is 2.52. The van der Waals surface area contributed by atoms with Gasteiger partial charge in [-0.1, -0.05) is 13.0 Å². The van der Waals surface area contributed by atoms with Crippen molar-refractivity contribution in [2.45, 2.75) is 38.5 Å². The molecule has 0 aliphatic heterocycles. The summed E-state index contributed by atoms with van der Waals surface area (Å²) in [5, 5.41) is 0.146. The lowest BCUT2D eigenvalue weighted by Crippen LogP contribution is -1.98. The first-order chi connectivity index (χ1) is 7.70. The van der Waals surface area contributed by atoms with E-state index in [4.69, 9.17) is 16.3 Å². The van der Waals surface area contributed by atoms with Gasteiger partial charge in [0, 0.05) is 0 Å². The molecule has 0 N–H and O–H groups in total. The predicted octanol–water partition coefficient (Wildman–Crippen LogP) is 4.34. The average molecular weight is 239 g/mol. The van der Waals surface area contributed by atoms with Gasteiger partial charge in [-0.25, -0.2) is 0 Å². The summed E-state index contributed by atoms with van der Waals surface area (Å²) in [6.07, 6.45) is 3.46. The Morgan fingerprint density at radius 2 is 2.25 bits per heavy atom. The Morgan fingerprint density at radius 1 is 1.44 bits per heavy atom. The van der Waals surface area contributed by atoms with Crippen molar-refractivity contribution < 1.29 is 4.74 Å². The van der Waals surface area contributed by atoms with Crippen LogP contribution >= 0.6 is 11.6 Å². The van der Waals surface area contributed by atoms with E-state index in [2.05, 4.69) is 25.1 Å². The molecule has 2 atom stereocenters. The molecular weight excluding hydrogens is 220 g/mol. The number of alkyl halides is 1. The molecule has 1 aromatic carbocycles. The van der Waals surface area contributed by atoms with Crippen LogP contribution in [-0.4, -0.2) is 6.61 Å². The van der Waals surface area contributed by atoms with Crippen molar-refractivity contribution in [2.24, 2.45) is 5.92 Å². The predicted molar refractivity (Wildman–Crippen MR) is 68.3 cm³/mol. The fourth-order valence-corrected chi connectivity index (χ4v) is 2.86. The quantitative estimate of drug-likeness (QED) is 0.550. The summed E-state index contributed by atoms with van der Waals surface area (Å²) in [6.45, 7) is 5.00. The highest BCUT2D eigenvalue weighted by Crippen LogP contribution is 2.37. The summed E-state index contributed by atoms with van der Waals surface area (Å²) >= 11 is 6.46. The van der Waals surface area contributed by atoms with Crippen LogP contribution in [0, 0.1) is 5.92 Å². The minimum Gasteiger partial charge on any atom is -0.494 e. The van der Waals surface area contributed by atoms with Crippen molar-refractivity contribution in [2.75, 3.05) is 6.61 Å². The Balaban J connectivity index is 2.30. The molecular formula is C14H19ClO. The van der Waals surface area contributed by atoms with Crippen molar-refractivity contribution in [3.63, 3.8) is 0 Å². The number of hydrogen-bond acceptors (Lipinski definition) is 1. The Kier molecular flexibility index (Phi) is 3.75. The molecule has 0 radical (unpaired) electrons. The molecule has 0 saturated heterocycles. The molecule has 0 saturated carbocycles. The highest BCUT2D eigenvalue weighted by molar-refractivity contribution is 6.21. The number of halogens is 1. The largest absolute Gasteiger partial charge is 0.494 e. The zero-order chi connectivity index (χ0) is 11.5. The zero-order valence-corrected chi connectivity index (χ0v) is 10.8. The SMILES string of the molecule is CCOc1ccc2c(c1)C(Cl)CC(C)CC2. The fraction of sp³-hybridized carbons (Fsp3) is 0.571. The van der Waals surface area contributed by atoms with Gasteiger partial charge in [-0.15, -0.1) is 11.6 Å². The highest BCUT2D eigenvalue weighted by Gasteiger charge is 2.20. The second-order valence-electron chi connectivity index (χ2n) is 4.64. The Bertz CT molecular complexity index is 362. The molecule has 2 heteroatoms. The van der Waals surface area contributed by atoms with Crippen LogP contribution in [0.25, 0.3) is 0 Å². The van der Waals surface area contributed by atoms with E-state index in [0.717, 1.165) is 18.6 Å². The highest BCUT2D eigenvalue weighted by atomic mass is 35.5. The van der Waals surface area contributed by atoms with Crippen molar-refractivity contribution in [3.8, 4) is 5.75 Å². The van der Waals surface area contributed by atoms with Crippen LogP contribution in [0.2, 0.25) is 0 Å². The number of aryl methyl sites for hydroxylation is 1. The topological polar surface area (TPSA) is 9.23 Å². The molecule has 0 aromatic heterocycles. The molecule has 88 valence electrons. The van der Waals surface area contributed by atoms with Gasteiger partial charge >= 0.3 is 0 Å². The fourth-order valence-electron chi connectivity index (χ4n) is 2.35. The van der Waals surface area contributed by atoms with Crippen LogP contribution in [0.1, 0.15) is 43.2 Å². The van der Waals surface area contributed by atoms with Crippen LogP contribution in [0.3, 0.4) is 0 Å². The molecule has 0 fully saturated rings. The lowest BCUT2D eigenvalue weighted by atomic mass is 10.0. The normalized spacial score (nSPS) is 24.7. The minimum atomic E-state index is 0.146. The maximum absolute atomic E-state index is 6.46.